The fourth-order valence-corrected chi connectivity index (χ4v) is 2.53. The van der Waals surface area contributed by atoms with E-state index in [4.69, 9.17) is 16.2 Å². The Morgan fingerprint density at radius 3 is 2.32 bits per heavy atom. The van der Waals surface area contributed by atoms with Gasteiger partial charge in [0.25, 0.3) is 0 Å². The van der Waals surface area contributed by atoms with Gasteiger partial charge in [-0.3, -0.25) is 0 Å². The van der Waals surface area contributed by atoms with Gasteiger partial charge in [0.2, 0.25) is 0 Å². The summed E-state index contributed by atoms with van der Waals surface area (Å²) < 4.78 is 5.51. The number of methoxy groups -OCH3 is 1. The Balaban J connectivity index is 3.01. The number of hydrogen-bond donors (Lipinski definition) is 2. The first-order valence-corrected chi connectivity index (χ1v) is 7.26. The number of nitrogens with two attached hydrogens (primary N) is 2. The molecule has 0 saturated carbocycles. The molecule has 0 saturated heterocycles. The maximum Gasteiger partial charge on any atom is 0.122 e. The van der Waals surface area contributed by atoms with E-state index in [1.807, 2.05) is 0 Å². The molecule has 0 bridgehead atoms. The van der Waals surface area contributed by atoms with Crippen molar-refractivity contribution in [2.75, 3.05) is 20.2 Å². The second-order valence-electron chi connectivity index (χ2n) is 5.11. The standard InChI is InChI=1S/C16H28N2O/c1-4-12-6-7-16(19-3)15(9-12)14(5-2)8-13(10-17)11-18/h6-7,9,13-14H,4-5,8,10-11,17-18H2,1-3H3. The molecule has 1 rings (SSSR count). The van der Waals surface area contributed by atoms with Crippen molar-refractivity contribution < 1.29 is 4.74 Å². The van der Waals surface area contributed by atoms with Crippen molar-refractivity contribution in [3.8, 4) is 5.75 Å². The molecule has 0 aliphatic rings. The highest BCUT2D eigenvalue weighted by Gasteiger charge is 2.18. The number of ether oxygens (including phenoxy) is 1. The minimum atomic E-state index is 0.389. The number of benzene rings is 1. The summed E-state index contributed by atoms with van der Waals surface area (Å²) in [4.78, 5) is 0. The molecule has 1 atom stereocenters. The van der Waals surface area contributed by atoms with Crippen molar-refractivity contribution in [1.82, 2.24) is 0 Å². The SMILES string of the molecule is CCc1ccc(OC)c(C(CC)CC(CN)CN)c1. The number of aryl methyl sites for hydroxylation is 1. The molecule has 19 heavy (non-hydrogen) atoms. The van der Waals surface area contributed by atoms with Gasteiger partial charge in [-0.15, -0.1) is 0 Å². The van der Waals surface area contributed by atoms with Gasteiger partial charge in [-0.25, -0.2) is 0 Å². The third-order valence-electron chi connectivity index (χ3n) is 3.92. The van der Waals surface area contributed by atoms with Crippen LogP contribution in [0.4, 0.5) is 0 Å². The zero-order valence-corrected chi connectivity index (χ0v) is 12.5. The maximum atomic E-state index is 5.78. The number of hydrogen-bond acceptors (Lipinski definition) is 3. The predicted octanol–water partition coefficient (Wildman–Crippen LogP) is 2.67. The molecule has 0 aliphatic carbocycles. The first-order chi connectivity index (χ1) is 9.19. The highest BCUT2D eigenvalue weighted by molar-refractivity contribution is 5.40. The molecular formula is C16H28N2O. The Hall–Kier alpha value is -1.06. The van der Waals surface area contributed by atoms with Crippen molar-refractivity contribution in [3.05, 3.63) is 29.3 Å². The molecule has 0 aromatic heterocycles. The first kappa shape index (κ1) is 16.0. The van der Waals surface area contributed by atoms with E-state index in [2.05, 4.69) is 32.0 Å². The minimum Gasteiger partial charge on any atom is -0.496 e. The van der Waals surface area contributed by atoms with Gasteiger partial charge in [-0.1, -0.05) is 26.0 Å². The second-order valence-corrected chi connectivity index (χ2v) is 5.11. The summed E-state index contributed by atoms with van der Waals surface area (Å²) >= 11 is 0. The van der Waals surface area contributed by atoms with Gasteiger partial charge in [0, 0.05) is 0 Å². The van der Waals surface area contributed by atoms with Crippen molar-refractivity contribution in [1.29, 1.82) is 0 Å². The van der Waals surface area contributed by atoms with Crippen LogP contribution in [0.5, 0.6) is 5.75 Å². The van der Waals surface area contributed by atoms with Crippen LogP contribution in [0.25, 0.3) is 0 Å². The normalized spacial score (nSPS) is 12.7. The van der Waals surface area contributed by atoms with Crippen LogP contribution in [0.3, 0.4) is 0 Å². The molecule has 1 unspecified atom stereocenters. The van der Waals surface area contributed by atoms with Crippen molar-refractivity contribution in [2.24, 2.45) is 17.4 Å². The van der Waals surface area contributed by atoms with Gasteiger partial charge >= 0.3 is 0 Å². The van der Waals surface area contributed by atoms with E-state index in [1.165, 1.54) is 11.1 Å². The second kappa shape index (κ2) is 8.18. The lowest BCUT2D eigenvalue weighted by atomic mass is 9.85. The molecule has 1 aromatic rings. The minimum absolute atomic E-state index is 0.389. The summed E-state index contributed by atoms with van der Waals surface area (Å²) in [7, 11) is 1.74. The topological polar surface area (TPSA) is 61.3 Å². The zero-order valence-electron chi connectivity index (χ0n) is 12.5. The smallest absolute Gasteiger partial charge is 0.122 e. The lowest BCUT2D eigenvalue weighted by Crippen LogP contribution is -2.25. The molecule has 0 fully saturated rings. The van der Waals surface area contributed by atoms with Gasteiger partial charge in [0.05, 0.1) is 7.11 Å². The van der Waals surface area contributed by atoms with Crippen molar-refractivity contribution >= 4 is 0 Å². The first-order valence-electron chi connectivity index (χ1n) is 7.26. The molecule has 4 N–H and O–H groups in total. The molecule has 0 radical (unpaired) electrons. The highest BCUT2D eigenvalue weighted by Crippen LogP contribution is 2.34. The quantitative estimate of drug-likeness (QED) is 0.759. The van der Waals surface area contributed by atoms with E-state index in [1.54, 1.807) is 7.11 Å². The summed E-state index contributed by atoms with van der Waals surface area (Å²) in [5.74, 6) is 1.84. The van der Waals surface area contributed by atoms with E-state index in [0.29, 0.717) is 24.9 Å². The van der Waals surface area contributed by atoms with Gasteiger partial charge in [0.15, 0.2) is 0 Å². The van der Waals surface area contributed by atoms with Crippen LogP contribution in [-0.2, 0) is 6.42 Å². The summed E-state index contributed by atoms with van der Waals surface area (Å²) in [6.07, 6.45) is 3.16. The van der Waals surface area contributed by atoms with Crippen molar-refractivity contribution in [2.45, 2.75) is 39.0 Å². The zero-order chi connectivity index (χ0) is 14.3. The fourth-order valence-electron chi connectivity index (χ4n) is 2.53. The third kappa shape index (κ3) is 4.22. The average molecular weight is 264 g/mol. The molecule has 0 aliphatic heterocycles. The van der Waals surface area contributed by atoms with Gasteiger partial charge in [0.1, 0.15) is 5.75 Å². The van der Waals surface area contributed by atoms with Gasteiger partial charge in [-0.05, 0) is 61.4 Å². The summed E-state index contributed by atoms with van der Waals surface area (Å²) in [6, 6.07) is 6.49. The van der Waals surface area contributed by atoms with Gasteiger partial charge in [-0.2, -0.15) is 0 Å². The van der Waals surface area contributed by atoms with E-state index in [-0.39, 0.29) is 0 Å². The fraction of sp³-hybridized carbons (Fsp3) is 0.625. The van der Waals surface area contributed by atoms with Gasteiger partial charge < -0.3 is 16.2 Å². The molecule has 3 nitrogen and oxygen atoms in total. The monoisotopic (exact) mass is 264 g/mol. The molecule has 1 aromatic carbocycles. The lowest BCUT2D eigenvalue weighted by Gasteiger charge is -2.23. The van der Waals surface area contributed by atoms with E-state index >= 15 is 0 Å². The molecule has 108 valence electrons. The van der Waals surface area contributed by atoms with Crippen molar-refractivity contribution in [3.63, 3.8) is 0 Å². The third-order valence-corrected chi connectivity index (χ3v) is 3.92. The van der Waals surface area contributed by atoms with E-state index in [0.717, 1.165) is 25.0 Å². The Morgan fingerprint density at radius 2 is 1.84 bits per heavy atom. The van der Waals surface area contributed by atoms with Crippen LogP contribution in [0, 0.1) is 5.92 Å². The Morgan fingerprint density at radius 1 is 1.16 bits per heavy atom. The molecule has 0 heterocycles. The molecular weight excluding hydrogens is 236 g/mol. The Labute approximate surface area is 117 Å². The lowest BCUT2D eigenvalue weighted by molar-refractivity contribution is 0.390. The van der Waals surface area contributed by atoms with Crippen LogP contribution in [0.1, 0.15) is 43.7 Å². The summed E-state index contributed by atoms with van der Waals surface area (Å²) in [5, 5.41) is 0. The van der Waals surface area contributed by atoms with E-state index in [9.17, 15) is 0 Å². The molecule has 3 heteroatoms. The van der Waals surface area contributed by atoms with Crippen LogP contribution < -0.4 is 16.2 Å². The predicted molar refractivity (Wildman–Crippen MR) is 81.6 cm³/mol. The maximum absolute atomic E-state index is 5.78. The Bertz CT molecular complexity index is 375. The van der Waals surface area contributed by atoms with E-state index < -0.39 is 0 Å². The average Bonchev–Trinajstić information content (AvgIpc) is 2.48. The van der Waals surface area contributed by atoms with Crippen LogP contribution >= 0.6 is 0 Å². The summed E-state index contributed by atoms with van der Waals surface area (Å²) in [5.41, 5.74) is 14.2. The summed E-state index contributed by atoms with van der Waals surface area (Å²) in [6.45, 7) is 5.70. The largest absolute Gasteiger partial charge is 0.496 e. The highest BCUT2D eigenvalue weighted by atomic mass is 16.5. The van der Waals surface area contributed by atoms with Crippen LogP contribution in [0.15, 0.2) is 18.2 Å². The molecule has 0 amide bonds. The molecule has 0 spiro atoms. The Kier molecular flexibility index (Phi) is 6.89. The van der Waals surface area contributed by atoms with Crippen LogP contribution in [-0.4, -0.2) is 20.2 Å². The van der Waals surface area contributed by atoms with Crippen LogP contribution in [0.2, 0.25) is 0 Å². The number of rotatable bonds is 8.